The quantitative estimate of drug-likeness (QED) is 0.399. The SMILES string of the molecule is O=C(c1cc(-c2ccccc2F)no1)N1CCCC[C@@H]1c1ncc(Cc2ccc(F)cc2)o1. The summed E-state index contributed by atoms with van der Waals surface area (Å²) in [4.78, 5) is 19.3. The Morgan fingerprint density at radius 1 is 1.09 bits per heavy atom. The second-order valence-electron chi connectivity index (χ2n) is 8.03. The van der Waals surface area contributed by atoms with Crippen LogP contribution in [0.1, 0.15) is 53.1 Å². The van der Waals surface area contributed by atoms with Crippen LogP contribution in [-0.2, 0) is 6.42 Å². The normalized spacial score (nSPS) is 16.2. The van der Waals surface area contributed by atoms with Gasteiger partial charge < -0.3 is 13.8 Å². The minimum atomic E-state index is -0.436. The molecular weight excluding hydrogens is 428 g/mol. The fourth-order valence-electron chi connectivity index (χ4n) is 4.11. The van der Waals surface area contributed by atoms with E-state index in [1.165, 1.54) is 24.3 Å². The van der Waals surface area contributed by atoms with Gasteiger partial charge in [0.25, 0.3) is 5.91 Å². The fraction of sp³-hybridized carbons (Fsp3) is 0.240. The molecule has 6 nitrogen and oxygen atoms in total. The van der Waals surface area contributed by atoms with Crippen molar-refractivity contribution in [2.75, 3.05) is 6.54 Å². The van der Waals surface area contributed by atoms with Gasteiger partial charge in [0.15, 0.2) is 0 Å². The first-order chi connectivity index (χ1) is 16.1. The highest BCUT2D eigenvalue weighted by Gasteiger charge is 2.34. The highest BCUT2D eigenvalue weighted by Crippen LogP contribution is 2.33. The van der Waals surface area contributed by atoms with E-state index in [9.17, 15) is 13.6 Å². The molecule has 2 aromatic carbocycles. The van der Waals surface area contributed by atoms with Crippen LogP contribution in [-0.4, -0.2) is 27.5 Å². The summed E-state index contributed by atoms with van der Waals surface area (Å²) < 4.78 is 38.5. The van der Waals surface area contributed by atoms with Crippen LogP contribution in [0.2, 0.25) is 0 Å². The Balaban J connectivity index is 1.35. The monoisotopic (exact) mass is 449 g/mol. The number of aromatic nitrogens is 2. The van der Waals surface area contributed by atoms with E-state index >= 15 is 0 Å². The van der Waals surface area contributed by atoms with E-state index in [0.29, 0.717) is 31.0 Å². The standard InChI is InChI=1S/C25H21F2N3O3/c26-17-10-8-16(9-11-17)13-18-15-28-24(32-18)22-7-3-4-12-30(22)25(31)23-14-21(29-33-23)19-5-1-2-6-20(19)27/h1-2,5-6,8-11,14-15,22H,3-4,7,12-13H2/t22-/m1/s1. The van der Waals surface area contributed by atoms with Crippen LogP contribution in [0.15, 0.2) is 69.7 Å². The molecule has 1 aliphatic rings. The first-order valence-corrected chi connectivity index (χ1v) is 10.8. The van der Waals surface area contributed by atoms with Crippen molar-refractivity contribution < 1.29 is 22.5 Å². The summed E-state index contributed by atoms with van der Waals surface area (Å²) >= 11 is 0. The molecule has 1 saturated heterocycles. The van der Waals surface area contributed by atoms with Crippen molar-refractivity contribution in [3.05, 3.63) is 95.4 Å². The molecule has 0 unspecified atom stereocenters. The number of carbonyl (C=O) groups is 1. The van der Waals surface area contributed by atoms with Gasteiger partial charge in [0, 0.05) is 24.6 Å². The predicted octanol–water partition coefficient (Wildman–Crippen LogP) is 5.57. The summed E-state index contributed by atoms with van der Waals surface area (Å²) in [5.41, 5.74) is 1.44. The Morgan fingerprint density at radius 2 is 1.91 bits per heavy atom. The van der Waals surface area contributed by atoms with Crippen molar-refractivity contribution in [2.24, 2.45) is 0 Å². The molecule has 4 aromatic rings. The van der Waals surface area contributed by atoms with Crippen LogP contribution in [0.25, 0.3) is 11.3 Å². The smallest absolute Gasteiger partial charge is 0.293 e. The topological polar surface area (TPSA) is 72.4 Å². The lowest BCUT2D eigenvalue weighted by Crippen LogP contribution is -2.38. The lowest BCUT2D eigenvalue weighted by Gasteiger charge is -2.32. The molecule has 5 rings (SSSR count). The van der Waals surface area contributed by atoms with Crippen molar-refractivity contribution in [1.29, 1.82) is 0 Å². The van der Waals surface area contributed by atoms with E-state index in [0.717, 1.165) is 18.4 Å². The molecule has 0 saturated carbocycles. The number of rotatable bonds is 5. The highest BCUT2D eigenvalue weighted by molar-refractivity contribution is 5.92. The summed E-state index contributed by atoms with van der Waals surface area (Å²) in [6.45, 7) is 0.523. The summed E-state index contributed by atoms with van der Waals surface area (Å²) in [5, 5.41) is 3.89. The van der Waals surface area contributed by atoms with E-state index < -0.39 is 5.82 Å². The zero-order valence-electron chi connectivity index (χ0n) is 17.7. The molecule has 8 heteroatoms. The Kier molecular flexibility index (Phi) is 5.73. The molecule has 0 aliphatic carbocycles. The Labute approximate surface area is 188 Å². The number of amides is 1. The summed E-state index contributed by atoms with van der Waals surface area (Å²) in [5.74, 6) is 0.0597. The number of carbonyl (C=O) groups excluding carboxylic acids is 1. The maximum atomic E-state index is 14.1. The average molecular weight is 449 g/mol. The lowest BCUT2D eigenvalue weighted by atomic mass is 10.0. The van der Waals surface area contributed by atoms with Gasteiger partial charge in [-0.05, 0) is 49.1 Å². The molecule has 33 heavy (non-hydrogen) atoms. The average Bonchev–Trinajstić information content (AvgIpc) is 3.51. The number of oxazole rings is 1. The van der Waals surface area contributed by atoms with Crippen LogP contribution >= 0.6 is 0 Å². The molecule has 0 radical (unpaired) electrons. The van der Waals surface area contributed by atoms with Gasteiger partial charge in [-0.15, -0.1) is 0 Å². The van der Waals surface area contributed by atoms with Crippen molar-refractivity contribution in [2.45, 2.75) is 31.7 Å². The number of likely N-dealkylation sites (tertiary alicyclic amines) is 1. The molecule has 2 aromatic heterocycles. The van der Waals surface area contributed by atoms with Crippen LogP contribution in [0.5, 0.6) is 0 Å². The third-order valence-corrected chi connectivity index (χ3v) is 5.78. The van der Waals surface area contributed by atoms with E-state index in [4.69, 9.17) is 8.94 Å². The van der Waals surface area contributed by atoms with Gasteiger partial charge in [-0.2, -0.15) is 0 Å². The first kappa shape index (κ1) is 21.1. The van der Waals surface area contributed by atoms with Crippen LogP contribution in [0.3, 0.4) is 0 Å². The second-order valence-corrected chi connectivity index (χ2v) is 8.03. The number of piperidine rings is 1. The van der Waals surface area contributed by atoms with E-state index in [1.54, 1.807) is 41.4 Å². The zero-order valence-corrected chi connectivity index (χ0v) is 17.7. The minimum Gasteiger partial charge on any atom is -0.443 e. The number of nitrogens with zero attached hydrogens (tertiary/aromatic N) is 3. The Bertz CT molecular complexity index is 1270. The molecule has 1 amide bonds. The Hall–Kier alpha value is -3.81. The van der Waals surface area contributed by atoms with Crippen LogP contribution < -0.4 is 0 Å². The van der Waals surface area contributed by atoms with Gasteiger partial charge in [-0.3, -0.25) is 4.79 Å². The molecule has 168 valence electrons. The zero-order chi connectivity index (χ0) is 22.8. The summed E-state index contributed by atoms with van der Waals surface area (Å²) in [6.07, 6.45) is 4.60. The maximum Gasteiger partial charge on any atom is 0.293 e. The molecular formula is C25H21F2N3O3. The number of halogens is 2. The second kappa shape index (κ2) is 8.97. The van der Waals surface area contributed by atoms with Crippen LogP contribution in [0, 0.1) is 11.6 Å². The van der Waals surface area contributed by atoms with E-state index in [1.807, 2.05) is 0 Å². The van der Waals surface area contributed by atoms with Gasteiger partial charge in [0.1, 0.15) is 29.1 Å². The molecule has 0 N–H and O–H groups in total. The number of hydrogen-bond donors (Lipinski definition) is 0. The predicted molar refractivity (Wildman–Crippen MR) is 115 cm³/mol. The summed E-state index contributed by atoms with van der Waals surface area (Å²) in [7, 11) is 0. The number of benzene rings is 2. The molecule has 1 atom stereocenters. The first-order valence-electron chi connectivity index (χ1n) is 10.8. The third kappa shape index (κ3) is 4.41. The lowest BCUT2D eigenvalue weighted by molar-refractivity contribution is 0.0528. The maximum absolute atomic E-state index is 14.1. The van der Waals surface area contributed by atoms with Crippen LogP contribution in [0.4, 0.5) is 8.78 Å². The van der Waals surface area contributed by atoms with Gasteiger partial charge in [-0.1, -0.05) is 29.4 Å². The third-order valence-electron chi connectivity index (χ3n) is 5.78. The number of hydrogen-bond acceptors (Lipinski definition) is 5. The Morgan fingerprint density at radius 3 is 2.73 bits per heavy atom. The molecule has 1 aliphatic heterocycles. The van der Waals surface area contributed by atoms with Gasteiger partial charge in [0.05, 0.1) is 6.20 Å². The van der Waals surface area contributed by atoms with Gasteiger partial charge >= 0.3 is 0 Å². The highest BCUT2D eigenvalue weighted by atomic mass is 19.1. The largest absolute Gasteiger partial charge is 0.443 e. The van der Waals surface area contributed by atoms with Crippen molar-refractivity contribution in [3.63, 3.8) is 0 Å². The molecule has 3 heterocycles. The fourth-order valence-corrected chi connectivity index (χ4v) is 4.11. The molecule has 0 spiro atoms. The van der Waals surface area contributed by atoms with E-state index in [2.05, 4.69) is 10.1 Å². The van der Waals surface area contributed by atoms with Gasteiger partial charge in [0.2, 0.25) is 11.7 Å². The van der Waals surface area contributed by atoms with E-state index in [-0.39, 0.29) is 34.8 Å². The molecule has 0 bridgehead atoms. The van der Waals surface area contributed by atoms with Crippen molar-refractivity contribution in [1.82, 2.24) is 15.0 Å². The van der Waals surface area contributed by atoms with Gasteiger partial charge in [-0.25, -0.2) is 13.8 Å². The molecule has 1 fully saturated rings. The summed E-state index contributed by atoms with van der Waals surface area (Å²) in [6, 6.07) is 13.5. The minimum absolute atomic E-state index is 0.0400. The van der Waals surface area contributed by atoms with Crippen molar-refractivity contribution >= 4 is 5.91 Å². The van der Waals surface area contributed by atoms with Crippen molar-refractivity contribution in [3.8, 4) is 11.3 Å².